The SMILES string of the molecule is O=C(CC/C(=N/O)OC(=O)c1c(F)c(F)cc(F)c1F)OC(=O)c1c(F)c(F)cc(F)c1F. The number of nitrogens with zero attached hydrogens (tertiary/aromatic N) is 1. The van der Waals surface area contributed by atoms with Crippen LogP contribution in [0.3, 0.4) is 0 Å². The molecule has 0 bridgehead atoms. The number of hydrogen-bond acceptors (Lipinski definition) is 7. The van der Waals surface area contributed by atoms with Gasteiger partial charge in [-0.15, -0.1) is 0 Å². The molecule has 2 aromatic rings. The Kier molecular flexibility index (Phi) is 7.68. The fourth-order valence-electron chi connectivity index (χ4n) is 2.20. The molecular formula is C18H7F8NO6. The van der Waals surface area contributed by atoms with Gasteiger partial charge in [0.25, 0.3) is 0 Å². The highest BCUT2D eigenvalue weighted by atomic mass is 19.2. The third-order valence-corrected chi connectivity index (χ3v) is 3.70. The van der Waals surface area contributed by atoms with E-state index in [0.29, 0.717) is 0 Å². The zero-order valence-electron chi connectivity index (χ0n) is 15.5. The van der Waals surface area contributed by atoms with E-state index in [0.717, 1.165) is 0 Å². The predicted octanol–water partition coefficient (Wildman–Crippen LogP) is 3.91. The van der Waals surface area contributed by atoms with Crippen LogP contribution in [0.25, 0.3) is 0 Å². The van der Waals surface area contributed by atoms with Gasteiger partial charge in [0.2, 0.25) is 5.90 Å². The van der Waals surface area contributed by atoms with Gasteiger partial charge in [-0.2, -0.15) is 0 Å². The Morgan fingerprint density at radius 1 is 0.667 bits per heavy atom. The summed E-state index contributed by atoms with van der Waals surface area (Å²) in [4.78, 5) is 35.0. The lowest BCUT2D eigenvalue weighted by molar-refractivity contribution is -0.137. The number of rotatable bonds is 5. The Hall–Kier alpha value is -4.04. The van der Waals surface area contributed by atoms with Gasteiger partial charge in [0.05, 0.1) is 6.42 Å². The van der Waals surface area contributed by atoms with Crippen molar-refractivity contribution in [2.24, 2.45) is 5.16 Å². The van der Waals surface area contributed by atoms with Crippen LogP contribution in [0.15, 0.2) is 17.3 Å². The van der Waals surface area contributed by atoms with E-state index in [9.17, 15) is 49.5 Å². The van der Waals surface area contributed by atoms with Crippen LogP contribution < -0.4 is 0 Å². The highest BCUT2D eigenvalue weighted by Gasteiger charge is 2.29. The van der Waals surface area contributed by atoms with E-state index in [4.69, 9.17) is 5.21 Å². The molecule has 0 heterocycles. The molecule has 0 aliphatic rings. The highest BCUT2D eigenvalue weighted by molar-refractivity contribution is 6.00. The smallest absolute Gasteiger partial charge is 0.352 e. The fraction of sp³-hybridized carbons (Fsp3) is 0.111. The van der Waals surface area contributed by atoms with Crippen LogP contribution in [0, 0.1) is 46.5 Å². The third kappa shape index (κ3) is 5.42. The molecule has 0 fully saturated rings. The van der Waals surface area contributed by atoms with Crippen molar-refractivity contribution in [1.82, 2.24) is 0 Å². The van der Waals surface area contributed by atoms with Gasteiger partial charge in [-0.1, -0.05) is 5.16 Å². The molecule has 15 heteroatoms. The van der Waals surface area contributed by atoms with Crippen LogP contribution in [0.1, 0.15) is 33.6 Å². The normalized spacial score (nSPS) is 11.3. The zero-order valence-corrected chi connectivity index (χ0v) is 15.5. The summed E-state index contributed by atoms with van der Waals surface area (Å²) in [5.41, 5.74) is -3.71. The molecule has 2 rings (SSSR count). The van der Waals surface area contributed by atoms with Crippen LogP contribution in [-0.4, -0.2) is 29.0 Å². The summed E-state index contributed by atoms with van der Waals surface area (Å²) in [6.07, 6.45) is -2.04. The summed E-state index contributed by atoms with van der Waals surface area (Å²) < 4.78 is 115. The van der Waals surface area contributed by atoms with Gasteiger partial charge < -0.3 is 14.7 Å². The van der Waals surface area contributed by atoms with Gasteiger partial charge >= 0.3 is 17.9 Å². The summed E-state index contributed by atoms with van der Waals surface area (Å²) in [7, 11) is 0. The molecular weight excluding hydrogens is 478 g/mol. The second-order valence-corrected chi connectivity index (χ2v) is 5.83. The maximum atomic E-state index is 13.6. The number of esters is 3. The van der Waals surface area contributed by atoms with Crippen LogP contribution in [-0.2, 0) is 14.3 Å². The standard InChI is InChI=1S/C18H7F8NO6/c19-5-3-6(20)14(24)11(13(5)23)17(29)32-9(27-31)1-2-10(28)33-18(30)12-15(25)7(21)4-8(22)16(12)26/h3-4,31H,1-2H2/b27-9-. The number of oxime groups is 1. The number of halogens is 8. The summed E-state index contributed by atoms with van der Waals surface area (Å²) in [6, 6.07) is -0.413. The van der Waals surface area contributed by atoms with E-state index < -0.39 is 94.3 Å². The molecule has 1 N–H and O–H groups in total. The second kappa shape index (κ2) is 10.1. The summed E-state index contributed by atoms with van der Waals surface area (Å²) in [5.74, 6) is -23.5. The topological polar surface area (TPSA) is 102 Å². The molecule has 0 aliphatic carbocycles. The predicted molar refractivity (Wildman–Crippen MR) is 86.8 cm³/mol. The lowest BCUT2D eigenvalue weighted by Gasteiger charge is -2.09. The first kappa shape index (κ1) is 25.2. The third-order valence-electron chi connectivity index (χ3n) is 3.70. The molecule has 0 aromatic heterocycles. The quantitative estimate of drug-likeness (QED) is 0.101. The first-order valence-corrected chi connectivity index (χ1v) is 8.23. The second-order valence-electron chi connectivity index (χ2n) is 5.83. The van der Waals surface area contributed by atoms with E-state index in [1.165, 1.54) is 0 Å². The molecule has 0 unspecified atom stereocenters. The van der Waals surface area contributed by atoms with E-state index >= 15 is 0 Å². The minimum atomic E-state index is -2.16. The van der Waals surface area contributed by atoms with Gasteiger partial charge in [-0.3, -0.25) is 4.79 Å². The van der Waals surface area contributed by atoms with Gasteiger partial charge in [0.15, 0.2) is 46.5 Å². The van der Waals surface area contributed by atoms with Crippen molar-refractivity contribution in [2.75, 3.05) is 0 Å². The Morgan fingerprint density at radius 2 is 1.03 bits per heavy atom. The van der Waals surface area contributed by atoms with Crippen molar-refractivity contribution in [2.45, 2.75) is 12.8 Å². The van der Waals surface area contributed by atoms with Crippen LogP contribution in [0.5, 0.6) is 0 Å². The van der Waals surface area contributed by atoms with Crippen LogP contribution in [0.4, 0.5) is 35.1 Å². The Labute approximate surface area is 176 Å². The van der Waals surface area contributed by atoms with E-state index in [2.05, 4.69) is 14.6 Å². The van der Waals surface area contributed by atoms with Gasteiger partial charge in [-0.25, -0.2) is 44.7 Å². The summed E-state index contributed by atoms with van der Waals surface area (Å²) in [6.45, 7) is 0. The van der Waals surface area contributed by atoms with Gasteiger partial charge in [0, 0.05) is 18.6 Å². The Bertz CT molecular complexity index is 1130. The number of carbonyl (C=O) groups excluding carboxylic acids is 3. The minimum absolute atomic E-state index is 0.203. The maximum absolute atomic E-state index is 13.6. The number of benzene rings is 2. The van der Waals surface area contributed by atoms with Crippen molar-refractivity contribution in [3.05, 3.63) is 69.8 Å². The Morgan fingerprint density at radius 3 is 1.39 bits per heavy atom. The number of hydrogen-bond donors (Lipinski definition) is 1. The first-order chi connectivity index (χ1) is 15.4. The van der Waals surface area contributed by atoms with E-state index in [1.54, 1.807) is 0 Å². The molecule has 0 saturated heterocycles. The average Bonchev–Trinajstić information content (AvgIpc) is 2.74. The van der Waals surface area contributed by atoms with Crippen LogP contribution >= 0.6 is 0 Å². The first-order valence-electron chi connectivity index (χ1n) is 8.23. The lowest BCUT2D eigenvalue weighted by Crippen LogP contribution is -2.20. The molecule has 2 aromatic carbocycles. The molecule has 0 spiro atoms. The molecule has 0 radical (unpaired) electrons. The molecule has 7 nitrogen and oxygen atoms in total. The fourth-order valence-corrected chi connectivity index (χ4v) is 2.20. The molecule has 33 heavy (non-hydrogen) atoms. The summed E-state index contributed by atoms with van der Waals surface area (Å²) >= 11 is 0. The number of carbonyl (C=O) groups is 3. The lowest BCUT2D eigenvalue weighted by atomic mass is 10.2. The monoisotopic (exact) mass is 485 g/mol. The van der Waals surface area contributed by atoms with Crippen molar-refractivity contribution < 1.29 is 64.2 Å². The number of ether oxygens (including phenoxy) is 2. The van der Waals surface area contributed by atoms with Crippen molar-refractivity contribution in [1.29, 1.82) is 0 Å². The van der Waals surface area contributed by atoms with Crippen LogP contribution in [0.2, 0.25) is 0 Å². The van der Waals surface area contributed by atoms with Crippen molar-refractivity contribution in [3.8, 4) is 0 Å². The summed E-state index contributed by atoms with van der Waals surface area (Å²) in [5, 5.41) is 11.1. The van der Waals surface area contributed by atoms with Crippen molar-refractivity contribution in [3.63, 3.8) is 0 Å². The molecule has 0 amide bonds. The zero-order chi connectivity index (χ0) is 25.0. The van der Waals surface area contributed by atoms with Gasteiger partial charge in [0.1, 0.15) is 11.1 Å². The molecule has 0 saturated carbocycles. The molecule has 0 atom stereocenters. The Balaban J connectivity index is 2.07. The van der Waals surface area contributed by atoms with E-state index in [1.807, 2.05) is 0 Å². The maximum Gasteiger partial charge on any atom is 0.352 e. The van der Waals surface area contributed by atoms with E-state index in [-0.39, 0.29) is 12.1 Å². The molecule has 176 valence electrons. The molecule has 0 aliphatic heterocycles. The minimum Gasteiger partial charge on any atom is -0.408 e. The van der Waals surface area contributed by atoms with Crippen molar-refractivity contribution >= 4 is 23.8 Å². The highest BCUT2D eigenvalue weighted by Crippen LogP contribution is 2.22. The van der Waals surface area contributed by atoms with Gasteiger partial charge in [-0.05, 0) is 0 Å². The average molecular weight is 485 g/mol. The largest absolute Gasteiger partial charge is 0.408 e.